The smallest absolute Gasteiger partial charge is 0.213 e. The van der Waals surface area contributed by atoms with E-state index in [1.54, 1.807) is 6.20 Å². The minimum absolute atomic E-state index is 0.463. The first-order valence-corrected chi connectivity index (χ1v) is 5.31. The number of nitrogens with two attached hydrogens (primary N) is 1. The van der Waals surface area contributed by atoms with Crippen LogP contribution in [0.25, 0.3) is 0 Å². The molecule has 3 N–H and O–H groups in total. The number of aromatic nitrogens is 4. The van der Waals surface area contributed by atoms with Crippen LogP contribution in [0.2, 0.25) is 0 Å². The van der Waals surface area contributed by atoms with E-state index in [0.29, 0.717) is 11.7 Å². The summed E-state index contributed by atoms with van der Waals surface area (Å²) < 4.78 is 0. The van der Waals surface area contributed by atoms with E-state index in [0.717, 1.165) is 16.4 Å². The van der Waals surface area contributed by atoms with Crippen molar-refractivity contribution in [3.63, 3.8) is 0 Å². The molecule has 5 nitrogen and oxygen atoms in total. The SMILES string of the molecule is Cc1nc(Sc2ccc(CN)nc2)n[nH]1. The lowest BCUT2D eigenvalue weighted by Gasteiger charge is -1.98. The molecule has 2 aromatic heterocycles. The number of pyridine rings is 1. The third-order valence-electron chi connectivity index (χ3n) is 1.79. The second-order valence-electron chi connectivity index (χ2n) is 2.99. The van der Waals surface area contributed by atoms with Crippen molar-refractivity contribution in [2.24, 2.45) is 5.73 Å². The van der Waals surface area contributed by atoms with Gasteiger partial charge < -0.3 is 5.73 Å². The van der Waals surface area contributed by atoms with Crippen molar-refractivity contribution in [1.82, 2.24) is 20.2 Å². The summed E-state index contributed by atoms with van der Waals surface area (Å²) in [5.41, 5.74) is 6.34. The Balaban J connectivity index is 2.11. The van der Waals surface area contributed by atoms with Crippen LogP contribution in [0.4, 0.5) is 0 Å². The van der Waals surface area contributed by atoms with Gasteiger partial charge in [-0.25, -0.2) is 4.98 Å². The summed E-state index contributed by atoms with van der Waals surface area (Å²) in [5, 5.41) is 7.52. The Bertz CT molecular complexity index is 436. The molecule has 0 aliphatic rings. The minimum atomic E-state index is 0.463. The summed E-state index contributed by atoms with van der Waals surface area (Å²) in [6, 6.07) is 3.87. The Morgan fingerprint density at radius 3 is 2.87 bits per heavy atom. The zero-order chi connectivity index (χ0) is 10.7. The van der Waals surface area contributed by atoms with E-state index in [4.69, 9.17) is 5.73 Å². The van der Waals surface area contributed by atoms with Gasteiger partial charge in [0.25, 0.3) is 0 Å². The van der Waals surface area contributed by atoms with Crippen LogP contribution in [0.15, 0.2) is 28.4 Å². The van der Waals surface area contributed by atoms with Gasteiger partial charge in [-0.15, -0.1) is 5.10 Å². The molecule has 6 heteroatoms. The van der Waals surface area contributed by atoms with Gasteiger partial charge >= 0.3 is 0 Å². The highest BCUT2D eigenvalue weighted by Gasteiger charge is 2.02. The summed E-state index contributed by atoms with van der Waals surface area (Å²) in [6.45, 7) is 2.33. The Kier molecular flexibility index (Phi) is 2.98. The van der Waals surface area contributed by atoms with Gasteiger partial charge in [-0.3, -0.25) is 10.1 Å². The van der Waals surface area contributed by atoms with E-state index in [1.165, 1.54) is 11.8 Å². The third-order valence-corrected chi connectivity index (χ3v) is 2.63. The quantitative estimate of drug-likeness (QED) is 0.811. The molecule has 2 heterocycles. The van der Waals surface area contributed by atoms with Gasteiger partial charge in [0.05, 0.1) is 5.69 Å². The number of aromatic amines is 1. The maximum atomic E-state index is 5.46. The molecule has 0 fully saturated rings. The molecular weight excluding hydrogens is 210 g/mol. The number of rotatable bonds is 3. The van der Waals surface area contributed by atoms with Gasteiger partial charge in [-0.05, 0) is 30.8 Å². The molecular formula is C9H11N5S. The second-order valence-corrected chi connectivity index (χ2v) is 4.04. The van der Waals surface area contributed by atoms with E-state index >= 15 is 0 Å². The zero-order valence-electron chi connectivity index (χ0n) is 8.27. The fourth-order valence-electron chi connectivity index (χ4n) is 1.07. The van der Waals surface area contributed by atoms with E-state index < -0.39 is 0 Å². The van der Waals surface area contributed by atoms with E-state index in [2.05, 4.69) is 20.2 Å². The van der Waals surface area contributed by atoms with Crippen molar-refractivity contribution in [2.75, 3.05) is 0 Å². The van der Waals surface area contributed by atoms with Gasteiger partial charge in [0, 0.05) is 17.6 Å². The lowest BCUT2D eigenvalue weighted by Crippen LogP contribution is -1.98. The van der Waals surface area contributed by atoms with Gasteiger partial charge in [0.15, 0.2) is 0 Å². The first-order chi connectivity index (χ1) is 7.28. The summed E-state index contributed by atoms with van der Waals surface area (Å²) in [5.74, 6) is 0.809. The number of H-pyrrole nitrogens is 1. The van der Waals surface area contributed by atoms with Gasteiger partial charge in [-0.2, -0.15) is 0 Å². The van der Waals surface area contributed by atoms with Crippen LogP contribution in [0.5, 0.6) is 0 Å². The molecule has 0 spiro atoms. The highest BCUT2D eigenvalue weighted by atomic mass is 32.2. The van der Waals surface area contributed by atoms with Crippen molar-refractivity contribution in [1.29, 1.82) is 0 Å². The Hall–Kier alpha value is -1.40. The standard InChI is InChI=1S/C9H11N5S/c1-6-12-9(14-13-6)15-8-3-2-7(4-10)11-5-8/h2-3,5H,4,10H2,1H3,(H,12,13,14). The Morgan fingerprint density at radius 2 is 2.33 bits per heavy atom. The van der Waals surface area contributed by atoms with Crippen molar-refractivity contribution in [3.8, 4) is 0 Å². The number of nitrogens with one attached hydrogen (secondary N) is 1. The predicted molar refractivity (Wildman–Crippen MR) is 57.4 cm³/mol. The lowest BCUT2D eigenvalue weighted by molar-refractivity contribution is 0.961. The largest absolute Gasteiger partial charge is 0.325 e. The summed E-state index contributed by atoms with van der Waals surface area (Å²) in [4.78, 5) is 9.39. The van der Waals surface area contributed by atoms with Crippen LogP contribution >= 0.6 is 11.8 Å². The van der Waals surface area contributed by atoms with Crippen LogP contribution in [-0.2, 0) is 6.54 Å². The monoisotopic (exact) mass is 221 g/mol. The van der Waals surface area contributed by atoms with Gasteiger partial charge in [0.1, 0.15) is 5.82 Å². The van der Waals surface area contributed by atoms with Crippen LogP contribution < -0.4 is 5.73 Å². The fourth-order valence-corrected chi connectivity index (χ4v) is 1.79. The molecule has 0 aliphatic carbocycles. The molecule has 0 aromatic carbocycles. The summed E-state index contributed by atoms with van der Waals surface area (Å²) in [7, 11) is 0. The number of aryl methyl sites for hydroxylation is 1. The molecule has 2 aromatic rings. The molecule has 0 atom stereocenters. The normalized spacial score (nSPS) is 10.5. The van der Waals surface area contributed by atoms with Crippen LogP contribution in [0, 0.1) is 6.92 Å². The molecule has 0 aliphatic heterocycles. The van der Waals surface area contributed by atoms with Crippen LogP contribution in [-0.4, -0.2) is 20.2 Å². The van der Waals surface area contributed by atoms with Gasteiger partial charge in [-0.1, -0.05) is 0 Å². The molecule has 2 rings (SSSR count). The van der Waals surface area contributed by atoms with Gasteiger partial charge in [0.2, 0.25) is 5.16 Å². The van der Waals surface area contributed by atoms with E-state index in [9.17, 15) is 0 Å². The Morgan fingerprint density at radius 1 is 1.47 bits per heavy atom. The molecule has 15 heavy (non-hydrogen) atoms. The number of hydrogen-bond donors (Lipinski definition) is 2. The average Bonchev–Trinajstić information content (AvgIpc) is 2.65. The van der Waals surface area contributed by atoms with Crippen molar-refractivity contribution in [2.45, 2.75) is 23.5 Å². The topological polar surface area (TPSA) is 80.5 Å². The average molecular weight is 221 g/mol. The van der Waals surface area contributed by atoms with E-state index in [-0.39, 0.29) is 0 Å². The molecule has 0 saturated heterocycles. The second kappa shape index (κ2) is 4.41. The number of nitrogens with zero attached hydrogens (tertiary/aromatic N) is 3. The van der Waals surface area contributed by atoms with Crippen molar-refractivity contribution < 1.29 is 0 Å². The highest BCUT2D eigenvalue weighted by molar-refractivity contribution is 7.99. The Labute approximate surface area is 91.5 Å². The summed E-state index contributed by atoms with van der Waals surface area (Å²) >= 11 is 1.47. The van der Waals surface area contributed by atoms with E-state index in [1.807, 2.05) is 19.1 Å². The zero-order valence-corrected chi connectivity index (χ0v) is 9.08. The fraction of sp³-hybridized carbons (Fsp3) is 0.222. The predicted octanol–water partition coefficient (Wildman–Crippen LogP) is 1.12. The summed E-state index contributed by atoms with van der Waals surface area (Å²) in [6.07, 6.45) is 1.78. The van der Waals surface area contributed by atoms with Crippen molar-refractivity contribution in [3.05, 3.63) is 29.8 Å². The maximum absolute atomic E-state index is 5.46. The maximum Gasteiger partial charge on any atom is 0.213 e. The first kappa shape index (κ1) is 10.1. The molecule has 0 saturated carbocycles. The molecule has 0 unspecified atom stereocenters. The number of hydrogen-bond acceptors (Lipinski definition) is 5. The molecule has 0 radical (unpaired) electrons. The highest BCUT2D eigenvalue weighted by Crippen LogP contribution is 2.23. The molecule has 78 valence electrons. The minimum Gasteiger partial charge on any atom is -0.325 e. The molecule has 0 bridgehead atoms. The van der Waals surface area contributed by atoms with Crippen LogP contribution in [0.1, 0.15) is 11.5 Å². The lowest BCUT2D eigenvalue weighted by atomic mass is 10.4. The molecule has 0 amide bonds. The third kappa shape index (κ3) is 2.54. The van der Waals surface area contributed by atoms with Crippen molar-refractivity contribution >= 4 is 11.8 Å². The first-order valence-electron chi connectivity index (χ1n) is 4.50. The van der Waals surface area contributed by atoms with Crippen LogP contribution in [0.3, 0.4) is 0 Å².